The highest BCUT2D eigenvalue weighted by Crippen LogP contribution is 2.26. The first-order valence-electron chi connectivity index (χ1n) is 16.5. The Balaban J connectivity index is 1.41. The predicted molar refractivity (Wildman–Crippen MR) is 188 cm³/mol. The van der Waals surface area contributed by atoms with Crippen LogP contribution in [0.4, 0.5) is 10.5 Å². The standard InChI is InChI=1S/C38H49N3O4S/c1-6-8-11-27(7-2)16-23-36(42)35(24-29-25-39-34-13-10-9-12-33(29)34)41-37(43)40-31-19-14-28(15-20-31)26-46(44,45)32-21-17-30(18-22-32)38(3,4)5/h9-10,12-15,17-22,25,27,35,39H,6-8,11,16,23-24,26H2,1-5H3,(H2,40,41,43)/t27?,35-/m1/s1. The molecule has 2 atom stereocenters. The predicted octanol–water partition coefficient (Wildman–Crippen LogP) is 8.74. The van der Waals surface area contributed by atoms with E-state index in [9.17, 15) is 18.0 Å². The Kier molecular flexibility index (Phi) is 11.8. The number of aromatic amines is 1. The summed E-state index contributed by atoms with van der Waals surface area (Å²) >= 11 is 0. The summed E-state index contributed by atoms with van der Waals surface area (Å²) in [4.78, 5) is 30.3. The summed E-state index contributed by atoms with van der Waals surface area (Å²) in [6, 6.07) is 20.6. The van der Waals surface area contributed by atoms with Gasteiger partial charge in [0.2, 0.25) is 0 Å². The quantitative estimate of drug-likeness (QED) is 0.120. The normalized spacial score (nSPS) is 13.3. The summed E-state index contributed by atoms with van der Waals surface area (Å²) in [5, 5.41) is 6.80. The number of anilines is 1. The minimum absolute atomic E-state index is 0.0199. The number of aromatic nitrogens is 1. The van der Waals surface area contributed by atoms with E-state index in [1.54, 1.807) is 36.4 Å². The lowest BCUT2D eigenvalue weighted by Gasteiger charge is -2.20. The summed E-state index contributed by atoms with van der Waals surface area (Å²) in [7, 11) is -3.54. The number of amides is 2. The summed E-state index contributed by atoms with van der Waals surface area (Å²) < 4.78 is 26.2. The second-order valence-electron chi connectivity index (χ2n) is 13.4. The van der Waals surface area contributed by atoms with Gasteiger partial charge in [0, 0.05) is 35.6 Å². The van der Waals surface area contributed by atoms with Crippen LogP contribution in [0.15, 0.2) is 83.9 Å². The maximum absolute atomic E-state index is 13.5. The molecular weight excluding hydrogens is 595 g/mol. The van der Waals surface area contributed by atoms with E-state index in [0.29, 0.717) is 30.0 Å². The van der Waals surface area contributed by atoms with Gasteiger partial charge in [-0.25, -0.2) is 13.2 Å². The van der Waals surface area contributed by atoms with Crippen molar-refractivity contribution in [3.63, 3.8) is 0 Å². The van der Waals surface area contributed by atoms with E-state index >= 15 is 0 Å². The van der Waals surface area contributed by atoms with Crippen molar-refractivity contribution >= 4 is 38.2 Å². The minimum atomic E-state index is -3.54. The van der Waals surface area contributed by atoms with E-state index in [4.69, 9.17) is 0 Å². The average molecular weight is 644 g/mol. The third-order valence-corrected chi connectivity index (χ3v) is 10.5. The second kappa shape index (κ2) is 15.6. The van der Waals surface area contributed by atoms with Gasteiger partial charge in [0.05, 0.1) is 16.7 Å². The molecule has 0 fully saturated rings. The number of benzene rings is 3. The number of sulfone groups is 1. The van der Waals surface area contributed by atoms with E-state index in [0.717, 1.165) is 54.1 Å². The monoisotopic (exact) mass is 643 g/mol. The van der Waals surface area contributed by atoms with Gasteiger partial charge >= 0.3 is 6.03 Å². The molecule has 0 radical (unpaired) electrons. The summed E-state index contributed by atoms with van der Waals surface area (Å²) in [6.07, 6.45) is 7.96. The smallest absolute Gasteiger partial charge is 0.319 e. The van der Waals surface area contributed by atoms with Crippen LogP contribution in [0.5, 0.6) is 0 Å². The molecule has 0 aliphatic rings. The molecule has 1 aromatic heterocycles. The number of para-hydroxylation sites is 1. The van der Waals surface area contributed by atoms with E-state index in [1.807, 2.05) is 42.6 Å². The maximum Gasteiger partial charge on any atom is 0.319 e. The molecular formula is C38H49N3O4S. The minimum Gasteiger partial charge on any atom is -0.361 e. The summed E-state index contributed by atoms with van der Waals surface area (Å²) in [5.74, 6) is 0.370. The molecule has 8 heteroatoms. The molecule has 1 unspecified atom stereocenters. The van der Waals surface area contributed by atoms with E-state index < -0.39 is 21.9 Å². The summed E-state index contributed by atoms with van der Waals surface area (Å²) in [5.41, 5.74) is 4.10. The van der Waals surface area contributed by atoms with E-state index in [2.05, 4.69) is 50.2 Å². The molecule has 246 valence electrons. The molecule has 2 amide bonds. The van der Waals surface area contributed by atoms with Gasteiger partial charge in [-0.05, 0) is 64.8 Å². The number of hydrogen-bond donors (Lipinski definition) is 3. The van der Waals surface area contributed by atoms with Crippen molar-refractivity contribution in [1.29, 1.82) is 0 Å². The molecule has 3 aromatic carbocycles. The van der Waals surface area contributed by atoms with Crippen LogP contribution in [0.1, 0.15) is 89.8 Å². The van der Waals surface area contributed by atoms with Gasteiger partial charge in [-0.1, -0.05) is 103 Å². The molecule has 4 rings (SSSR count). The van der Waals surface area contributed by atoms with Crippen LogP contribution in [0.2, 0.25) is 0 Å². The lowest BCUT2D eigenvalue weighted by Crippen LogP contribution is -2.44. The number of Topliss-reactive ketones (excluding diaryl/α,β-unsaturated/α-hetero) is 1. The van der Waals surface area contributed by atoms with Crippen LogP contribution in [-0.2, 0) is 32.2 Å². The van der Waals surface area contributed by atoms with Crippen LogP contribution >= 0.6 is 0 Å². The molecule has 1 heterocycles. The van der Waals surface area contributed by atoms with Gasteiger partial charge in [-0.15, -0.1) is 0 Å². The van der Waals surface area contributed by atoms with Gasteiger partial charge in [0.25, 0.3) is 0 Å². The SMILES string of the molecule is CCCCC(CC)CCC(=O)[C@@H](Cc1c[nH]c2ccccc12)NC(=O)Nc1ccc(CS(=O)(=O)c2ccc(C(C)(C)C)cc2)cc1. The molecule has 3 N–H and O–H groups in total. The number of rotatable bonds is 15. The third kappa shape index (κ3) is 9.55. The number of H-pyrrole nitrogens is 1. The highest BCUT2D eigenvalue weighted by atomic mass is 32.2. The molecule has 0 saturated heterocycles. The first-order valence-corrected chi connectivity index (χ1v) is 18.1. The van der Waals surface area contributed by atoms with Gasteiger partial charge in [0.15, 0.2) is 15.6 Å². The van der Waals surface area contributed by atoms with Gasteiger partial charge in [-0.2, -0.15) is 0 Å². The largest absolute Gasteiger partial charge is 0.361 e. The molecule has 0 aliphatic heterocycles. The molecule has 0 saturated carbocycles. The zero-order chi connectivity index (χ0) is 33.3. The van der Waals surface area contributed by atoms with Crippen molar-refractivity contribution in [2.45, 2.75) is 102 Å². The Morgan fingerprint density at radius 1 is 0.891 bits per heavy atom. The maximum atomic E-state index is 13.5. The molecule has 46 heavy (non-hydrogen) atoms. The number of urea groups is 1. The van der Waals surface area contributed by atoms with Gasteiger partial charge in [0.1, 0.15) is 0 Å². The topological polar surface area (TPSA) is 108 Å². The Bertz CT molecular complexity index is 1700. The number of nitrogens with one attached hydrogen (secondary N) is 3. The van der Waals surface area contributed by atoms with Gasteiger partial charge < -0.3 is 15.6 Å². The molecule has 4 aromatic rings. The Hall–Kier alpha value is -3.91. The van der Waals surface area contributed by atoms with Crippen molar-refractivity contribution in [2.75, 3.05) is 5.32 Å². The number of hydrogen-bond acceptors (Lipinski definition) is 4. The van der Waals surface area contributed by atoms with E-state index in [-0.39, 0.29) is 21.8 Å². The lowest BCUT2D eigenvalue weighted by molar-refractivity contribution is -0.121. The lowest BCUT2D eigenvalue weighted by atomic mass is 9.87. The Morgan fingerprint density at radius 3 is 2.24 bits per heavy atom. The average Bonchev–Trinajstić information content (AvgIpc) is 3.44. The van der Waals surface area contributed by atoms with Crippen LogP contribution < -0.4 is 10.6 Å². The van der Waals surface area contributed by atoms with Crippen molar-refractivity contribution in [1.82, 2.24) is 10.3 Å². The molecule has 0 bridgehead atoms. The van der Waals surface area contributed by atoms with Crippen molar-refractivity contribution in [3.05, 3.63) is 95.7 Å². The molecule has 0 spiro atoms. The number of carbonyl (C=O) groups is 2. The van der Waals surface area contributed by atoms with E-state index in [1.165, 1.54) is 0 Å². The first kappa shape index (κ1) is 35.0. The molecule has 0 aliphatic carbocycles. The highest BCUT2D eigenvalue weighted by Gasteiger charge is 2.24. The molecule has 7 nitrogen and oxygen atoms in total. The number of fused-ring (bicyclic) bond motifs is 1. The summed E-state index contributed by atoms with van der Waals surface area (Å²) in [6.45, 7) is 10.6. The zero-order valence-corrected chi connectivity index (χ0v) is 28.7. The van der Waals surface area contributed by atoms with Gasteiger partial charge in [-0.3, -0.25) is 4.79 Å². The third-order valence-electron chi connectivity index (χ3n) is 8.78. The fourth-order valence-electron chi connectivity index (χ4n) is 5.81. The number of carbonyl (C=O) groups excluding carboxylic acids is 2. The van der Waals surface area contributed by atoms with Crippen LogP contribution in [0.3, 0.4) is 0 Å². The zero-order valence-electron chi connectivity index (χ0n) is 27.9. The van der Waals surface area contributed by atoms with Crippen molar-refractivity contribution in [3.8, 4) is 0 Å². The first-order chi connectivity index (χ1) is 21.9. The Morgan fingerprint density at radius 2 is 1.59 bits per heavy atom. The number of ketones is 1. The van der Waals surface area contributed by atoms with Crippen LogP contribution in [0.25, 0.3) is 10.9 Å². The van der Waals surface area contributed by atoms with Crippen LogP contribution in [0, 0.1) is 5.92 Å². The Labute approximate surface area is 274 Å². The fraction of sp³-hybridized carbons (Fsp3) is 0.421. The second-order valence-corrected chi connectivity index (χ2v) is 15.4. The van der Waals surface area contributed by atoms with Crippen molar-refractivity contribution < 1.29 is 18.0 Å². The fourth-order valence-corrected chi connectivity index (χ4v) is 7.16. The van der Waals surface area contributed by atoms with Crippen molar-refractivity contribution in [2.24, 2.45) is 5.92 Å². The number of unbranched alkanes of at least 4 members (excludes halogenated alkanes) is 1. The van der Waals surface area contributed by atoms with Crippen LogP contribution in [-0.4, -0.2) is 31.3 Å². The highest BCUT2D eigenvalue weighted by molar-refractivity contribution is 7.90.